The Morgan fingerprint density at radius 3 is 1.98 bits per heavy atom. The van der Waals surface area contributed by atoms with Crippen molar-refractivity contribution in [1.29, 1.82) is 0 Å². The Morgan fingerprint density at radius 2 is 1.41 bits per heavy atom. The number of esters is 1. The third-order valence-electron chi connectivity index (χ3n) is 7.35. The van der Waals surface area contributed by atoms with E-state index in [1.165, 1.54) is 0 Å². The molecule has 1 atom stereocenters. The second kappa shape index (κ2) is 13.1. The zero-order valence-electron chi connectivity index (χ0n) is 23.5. The van der Waals surface area contributed by atoms with Gasteiger partial charge in [0.25, 0.3) is 0 Å². The van der Waals surface area contributed by atoms with Crippen molar-refractivity contribution in [3.8, 4) is 0 Å². The number of carbonyl (C=O) groups is 2. The summed E-state index contributed by atoms with van der Waals surface area (Å²) in [6.07, 6.45) is 6.42. The number of benzene rings is 4. The van der Waals surface area contributed by atoms with Crippen LogP contribution in [0.3, 0.4) is 0 Å². The lowest BCUT2D eigenvalue weighted by Gasteiger charge is -2.23. The molecule has 0 fully saturated rings. The number of nitrogens with zero attached hydrogens (tertiary/aromatic N) is 1. The van der Waals surface area contributed by atoms with Gasteiger partial charge in [0.15, 0.2) is 0 Å². The maximum absolute atomic E-state index is 14.1. The monoisotopic (exact) mass is 545 g/mol. The minimum atomic E-state index is -0.862. The number of imidazole rings is 1. The van der Waals surface area contributed by atoms with Gasteiger partial charge in [0.2, 0.25) is 5.91 Å². The first-order valence-electron chi connectivity index (χ1n) is 14.0. The Hall–Kier alpha value is -4.71. The van der Waals surface area contributed by atoms with Gasteiger partial charge in [-0.25, -0.2) is 9.78 Å². The molecular formula is C35H35N3O3. The van der Waals surface area contributed by atoms with Crippen molar-refractivity contribution in [2.24, 2.45) is 5.92 Å². The smallest absolute Gasteiger partial charge is 0.329 e. The van der Waals surface area contributed by atoms with Crippen molar-refractivity contribution in [3.05, 3.63) is 126 Å². The van der Waals surface area contributed by atoms with E-state index >= 15 is 0 Å². The first kappa shape index (κ1) is 27.8. The minimum Gasteiger partial charge on any atom is -0.460 e. The Labute approximate surface area is 240 Å². The SMILES string of the molecule is CC(C)=CCOC(=O)[C@H](Cc1c[nH]cn1)NC(=O)C(Cc1cccc2ccccc12)Cc1cccc2ccccc12. The van der Waals surface area contributed by atoms with Gasteiger partial charge in [-0.1, -0.05) is 90.5 Å². The molecular weight excluding hydrogens is 510 g/mol. The normalized spacial score (nSPS) is 11.9. The summed E-state index contributed by atoms with van der Waals surface area (Å²) >= 11 is 0. The number of hydrogen-bond acceptors (Lipinski definition) is 4. The third kappa shape index (κ3) is 7.09. The van der Waals surface area contributed by atoms with E-state index in [1.54, 1.807) is 12.5 Å². The summed E-state index contributed by atoms with van der Waals surface area (Å²) in [7, 11) is 0. The van der Waals surface area contributed by atoms with Crippen LogP contribution in [0.5, 0.6) is 0 Å². The van der Waals surface area contributed by atoms with Gasteiger partial charge in [-0.15, -0.1) is 0 Å². The zero-order valence-corrected chi connectivity index (χ0v) is 23.5. The van der Waals surface area contributed by atoms with Crippen LogP contribution in [0.1, 0.15) is 30.7 Å². The van der Waals surface area contributed by atoms with Crippen molar-refractivity contribution in [1.82, 2.24) is 15.3 Å². The van der Waals surface area contributed by atoms with Crippen LogP contribution in [0.4, 0.5) is 0 Å². The molecule has 0 bridgehead atoms. The molecule has 5 rings (SSSR count). The first-order chi connectivity index (χ1) is 20.0. The minimum absolute atomic E-state index is 0.156. The number of ether oxygens (including phenoxy) is 1. The third-order valence-corrected chi connectivity index (χ3v) is 7.35. The molecule has 0 saturated carbocycles. The quantitative estimate of drug-likeness (QED) is 0.150. The number of H-pyrrole nitrogens is 1. The van der Waals surface area contributed by atoms with Crippen molar-refractivity contribution in [2.45, 2.75) is 39.2 Å². The molecule has 6 heteroatoms. The van der Waals surface area contributed by atoms with E-state index in [4.69, 9.17) is 4.74 Å². The highest BCUT2D eigenvalue weighted by molar-refractivity contribution is 5.90. The van der Waals surface area contributed by atoms with E-state index in [-0.39, 0.29) is 18.9 Å². The summed E-state index contributed by atoms with van der Waals surface area (Å²) in [5.41, 5.74) is 3.92. The van der Waals surface area contributed by atoms with E-state index in [2.05, 4.69) is 63.8 Å². The largest absolute Gasteiger partial charge is 0.460 e. The van der Waals surface area contributed by atoms with Crippen molar-refractivity contribution < 1.29 is 14.3 Å². The van der Waals surface area contributed by atoms with Crippen molar-refractivity contribution in [2.75, 3.05) is 6.61 Å². The Bertz CT molecular complexity index is 1580. The molecule has 2 N–H and O–H groups in total. The Balaban J connectivity index is 1.46. The zero-order chi connectivity index (χ0) is 28.6. The lowest BCUT2D eigenvalue weighted by Crippen LogP contribution is -2.46. The van der Waals surface area contributed by atoms with Gasteiger partial charge in [-0.3, -0.25) is 4.79 Å². The van der Waals surface area contributed by atoms with Crippen molar-refractivity contribution >= 4 is 33.4 Å². The summed E-state index contributed by atoms with van der Waals surface area (Å²) in [6.45, 7) is 4.05. The number of amides is 1. The van der Waals surface area contributed by atoms with Gasteiger partial charge in [-0.2, -0.15) is 0 Å². The maximum Gasteiger partial charge on any atom is 0.329 e. The molecule has 4 aromatic carbocycles. The van der Waals surface area contributed by atoms with Crippen LogP contribution >= 0.6 is 0 Å². The molecule has 41 heavy (non-hydrogen) atoms. The van der Waals surface area contributed by atoms with E-state index in [0.717, 1.165) is 38.2 Å². The fourth-order valence-electron chi connectivity index (χ4n) is 5.22. The number of fused-ring (bicyclic) bond motifs is 2. The molecule has 0 unspecified atom stereocenters. The predicted octanol–water partition coefficient (Wildman–Crippen LogP) is 6.35. The van der Waals surface area contributed by atoms with Gasteiger partial charge in [-0.05, 0) is 65.4 Å². The fraction of sp³-hybridized carbons (Fsp3) is 0.229. The average molecular weight is 546 g/mol. The molecule has 1 heterocycles. The van der Waals surface area contributed by atoms with E-state index in [0.29, 0.717) is 18.5 Å². The molecule has 6 nitrogen and oxygen atoms in total. The molecule has 0 aliphatic rings. The predicted molar refractivity (Wildman–Crippen MR) is 163 cm³/mol. The molecule has 0 radical (unpaired) electrons. The van der Waals surface area contributed by atoms with Crippen LogP contribution in [0, 0.1) is 5.92 Å². The molecule has 208 valence electrons. The van der Waals surface area contributed by atoms with Crippen LogP contribution in [-0.2, 0) is 33.6 Å². The lowest BCUT2D eigenvalue weighted by molar-refractivity contribution is -0.147. The fourth-order valence-corrected chi connectivity index (χ4v) is 5.22. The second-order valence-corrected chi connectivity index (χ2v) is 10.6. The van der Waals surface area contributed by atoms with Crippen LogP contribution < -0.4 is 5.32 Å². The maximum atomic E-state index is 14.1. The van der Waals surface area contributed by atoms with Gasteiger partial charge in [0.05, 0.1) is 12.0 Å². The highest BCUT2D eigenvalue weighted by Crippen LogP contribution is 2.26. The molecule has 0 saturated heterocycles. The Morgan fingerprint density at radius 1 is 0.829 bits per heavy atom. The van der Waals surface area contributed by atoms with Crippen LogP contribution in [0.15, 0.2) is 109 Å². The standard InChI is InChI=1S/C35H35N3O3/c1-24(2)17-18-41-35(40)33(21-30-22-36-23-37-30)38-34(39)29(19-27-13-7-11-25-9-3-5-15-31(25)27)20-28-14-8-12-26-10-4-6-16-32(26)28/h3-17,22-23,29,33H,18-21H2,1-2H3,(H,36,37)(H,38,39)/t33-/m0/s1. The number of aromatic amines is 1. The molecule has 1 aromatic heterocycles. The van der Waals surface area contributed by atoms with Crippen LogP contribution in [0.25, 0.3) is 21.5 Å². The summed E-state index contributed by atoms with van der Waals surface area (Å²) in [6, 6.07) is 28.0. The van der Waals surface area contributed by atoms with E-state index < -0.39 is 17.9 Å². The summed E-state index contributed by atoms with van der Waals surface area (Å²) in [5.74, 6) is -1.09. The van der Waals surface area contributed by atoms with Gasteiger partial charge in [0, 0.05) is 18.5 Å². The van der Waals surface area contributed by atoms with Crippen molar-refractivity contribution in [3.63, 3.8) is 0 Å². The highest BCUT2D eigenvalue weighted by atomic mass is 16.5. The second-order valence-electron chi connectivity index (χ2n) is 10.6. The van der Waals surface area contributed by atoms with Crippen LogP contribution in [-0.4, -0.2) is 34.5 Å². The Kier molecular flexibility index (Phi) is 8.89. The number of hydrogen-bond donors (Lipinski definition) is 2. The number of carbonyl (C=O) groups excluding carboxylic acids is 2. The van der Waals surface area contributed by atoms with Gasteiger partial charge >= 0.3 is 5.97 Å². The average Bonchev–Trinajstić information content (AvgIpc) is 3.50. The number of aromatic nitrogens is 2. The van der Waals surface area contributed by atoms with Crippen LogP contribution in [0.2, 0.25) is 0 Å². The number of allylic oxidation sites excluding steroid dienone is 1. The van der Waals surface area contributed by atoms with E-state index in [9.17, 15) is 9.59 Å². The molecule has 5 aromatic rings. The topological polar surface area (TPSA) is 84.1 Å². The molecule has 0 spiro atoms. The lowest BCUT2D eigenvalue weighted by atomic mass is 9.87. The molecule has 0 aliphatic heterocycles. The number of nitrogens with one attached hydrogen (secondary N) is 2. The summed E-state index contributed by atoms with van der Waals surface area (Å²) in [5, 5.41) is 7.56. The molecule has 1 amide bonds. The number of rotatable bonds is 11. The first-order valence-corrected chi connectivity index (χ1v) is 14.0. The van der Waals surface area contributed by atoms with E-state index in [1.807, 2.05) is 56.3 Å². The summed E-state index contributed by atoms with van der Waals surface area (Å²) in [4.78, 5) is 34.5. The summed E-state index contributed by atoms with van der Waals surface area (Å²) < 4.78 is 5.53. The highest BCUT2D eigenvalue weighted by Gasteiger charge is 2.28. The van der Waals surface area contributed by atoms with Gasteiger partial charge in [0.1, 0.15) is 12.6 Å². The molecule has 0 aliphatic carbocycles. The van der Waals surface area contributed by atoms with Gasteiger partial charge < -0.3 is 15.0 Å².